The van der Waals surface area contributed by atoms with Crippen molar-refractivity contribution in [3.05, 3.63) is 17.7 Å². The van der Waals surface area contributed by atoms with Crippen molar-refractivity contribution in [1.29, 1.82) is 0 Å². The Labute approximate surface area is 118 Å². The molecule has 1 atom stereocenters. The zero-order valence-electron chi connectivity index (χ0n) is 12.5. The largest absolute Gasteiger partial charge is 0.416 e. The second kappa shape index (κ2) is 5.89. The topological polar surface area (TPSA) is 37.0 Å². The van der Waals surface area contributed by atoms with Crippen LogP contribution in [0.15, 0.2) is 12.1 Å². The van der Waals surface area contributed by atoms with E-state index < -0.39 is 11.7 Å². The number of anilines is 2. The van der Waals surface area contributed by atoms with E-state index in [0.717, 1.165) is 12.1 Å². The molecule has 1 rings (SSSR count). The minimum Gasteiger partial charge on any atom is -0.370 e. The molecular weight excluding hydrogens is 267 g/mol. The van der Waals surface area contributed by atoms with Crippen molar-refractivity contribution in [3.63, 3.8) is 0 Å². The highest BCUT2D eigenvalue weighted by molar-refractivity contribution is 5.50. The highest BCUT2D eigenvalue weighted by Crippen LogP contribution is 2.32. The van der Waals surface area contributed by atoms with Gasteiger partial charge in [0.15, 0.2) is 0 Å². The third-order valence-electron chi connectivity index (χ3n) is 3.17. The van der Waals surface area contributed by atoms with E-state index in [0.29, 0.717) is 6.54 Å². The molecule has 0 aliphatic heterocycles. The van der Waals surface area contributed by atoms with Crippen LogP contribution in [0.4, 0.5) is 24.8 Å². The van der Waals surface area contributed by atoms with Crippen molar-refractivity contribution in [1.82, 2.24) is 4.98 Å². The highest BCUT2D eigenvalue weighted by atomic mass is 19.4. The Morgan fingerprint density at radius 3 is 2.15 bits per heavy atom. The second-order valence-corrected chi connectivity index (χ2v) is 5.89. The number of rotatable bonds is 4. The van der Waals surface area contributed by atoms with Gasteiger partial charge in [-0.1, -0.05) is 20.8 Å². The minimum absolute atomic E-state index is 0.00652. The summed E-state index contributed by atoms with van der Waals surface area (Å²) < 4.78 is 38.6. The quantitative estimate of drug-likeness (QED) is 0.863. The van der Waals surface area contributed by atoms with Crippen LogP contribution < -0.4 is 10.6 Å². The maximum atomic E-state index is 12.9. The molecule has 6 heteroatoms. The summed E-state index contributed by atoms with van der Waals surface area (Å²) in [6.07, 6.45) is -4.38. The average Bonchev–Trinajstić information content (AvgIpc) is 2.26. The second-order valence-electron chi connectivity index (χ2n) is 5.89. The first kappa shape index (κ1) is 16.6. The van der Waals surface area contributed by atoms with Crippen LogP contribution in [0.5, 0.6) is 0 Å². The summed E-state index contributed by atoms with van der Waals surface area (Å²) in [6, 6.07) is 2.06. The molecule has 3 nitrogen and oxygen atoms in total. The summed E-state index contributed by atoms with van der Waals surface area (Å²) in [5.41, 5.74) is -0.777. The van der Waals surface area contributed by atoms with Crippen LogP contribution in [0.1, 0.15) is 40.2 Å². The van der Waals surface area contributed by atoms with Gasteiger partial charge in [0.2, 0.25) is 0 Å². The van der Waals surface area contributed by atoms with E-state index in [1.54, 1.807) is 0 Å². The number of nitrogens with zero attached hydrogens (tertiary/aromatic N) is 1. The molecule has 0 radical (unpaired) electrons. The molecule has 0 aliphatic carbocycles. The number of nitrogens with one attached hydrogen (secondary N) is 2. The lowest BCUT2D eigenvalue weighted by molar-refractivity contribution is -0.137. The molecule has 0 bridgehead atoms. The van der Waals surface area contributed by atoms with Gasteiger partial charge >= 0.3 is 6.18 Å². The number of alkyl halides is 3. The van der Waals surface area contributed by atoms with Crippen molar-refractivity contribution < 1.29 is 13.2 Å². The Morgan fingerprint density at radius 1 is 1.15 bits per heavy atom. The lowest BCUT2D eigenvalue weighted by Crippen LogP contribution is -2.31. The average molecular weight is 289 g/mol. The van der Waals surface area contributed by atoms with Gasteiger partial charge in [0, 0.05) is 12.6 Å². The van der Waals surface area contributed by atoms with Gasteiger partial charge in [-0.05, 0) is 31.4 Å². The van der Waals surface area contributed by atoms with E-state index in [2.05, 4.69) is 15.6 Å². The molecule has 0 amide bonds. The van der Waals surface area contributed by atoms with Crippen LogP contribution in [0.3, 0.4) is 0 Å². The fraction of sp³-hybridized carbons (Fsp3) is 0.643. The van der Waals surface area contributed by atoms with E-state index in [4.69, 9.17) is 0 Å². The predicted molar refractivity (Wildman–Crippen MR) is 75.9 cm³/mol. The molecule has 20 heavy (non-hydrogen) atoms. The molecule has 0 saturated carbocycles. The fourth-order valence-electron chi connectivity index (χ4n) is 1.48. The van der Waals surface area contributed by atoms with Crippen LogP contribution in [0.25, 0.3) is 0 Å². The van der Waals surface area contributed by atoms with Gasteiger partial charge in [-0.15, -0.1) is 0 Å². The predicted octanol–water partition coefficient (Wildman–Crippen LogP) is 4.38. The van der Waals surface area contributed by atoms with Gasteiger partial charge in [-0.3, -0.25) is 0 Å². The first-order chi connectivity index (χ1) is 9.04. The molecule has 1 aromatic heterocycles. The number of aromatic nitrogens is 1. The van der Waals surface area contributed by atoms with Gasteiger partial charge < -0.3 is 10.6 Å². The van der Waals surface area contributed by atoms with Crippen molar-refractivity contribution in [2.45, 2.75) is 46.8 Å². The molecule has 0 aliphatic rings. The third kappa shape index (κ3) is 4.58. The van der Waals surface area contributed by atoms with Crippen LogP contribution in [-0.4, -0.2) is 17.6 Å². The number of pyridine rings is 1. The highest BCUT2D eigenvalue weighted by Gasteiger charge is 2.32. The Morgan fingerprint density at radius 2 is 1.70 bits per heavy atom. The number of hydrogen-bond donors (Lipinski definition) is 2. The summed E-state index contributed by atoms with van der Waals surface area (Å²) in [5.74, 6) is 0.462. The molecule has 0 aromatic carbocycles. The summed E-state index contributed by atoms with van der Waals surface area (Å²) in [6.45, 7) is 10.3. The van der Waals surface area contributed by atoms with E-state index in [9.17, 15) is 13.2 Å². The Balaban J connectivity index is 3.09. The van der Waals surface area contributed by atoms with Crippen molar-refractivity contribution in [2.75, 3.05) is 17.2 Å². The molecular formula is C14H22F3N3. The van der Waals surface area contributed by atoms with Crippen molar-refractivity contribution >= 4 is 11.6 Å². The van der Waals surface area contributed by atoms with Gasteiger partial charge in [-0.2, -0.15) is 13.2 Å². The van der Waals surface area contributed by atoms with E-state index >= 15 is 0 Å². The van der Waals surface area contributed by atoms with Crippen LogP contribution in [0, 0.1) is 5.41 Å². The molecule has 114 valence electrons. The summed E-state index contributed by atoms with van der Waals surface area (Å²) >= 11 is 0. The maximum absolute atomic E-state index is 12.9. The van der Waals surface area contributed by atoms with Crippen LogP contribution in [0.2, 0.25) is 0 Å². The van der Waals surface area contributed by atoms with Crippen LogP contribution >= 0.6 is 0 Å². The van der Waals surface area contributed by atoms with E-state index in [-0.39, 0.29) is 23.1 Å². The molecule has 0 spiro atoms. The first-order valence-electron chi connectivity index (χ1n) is 6.63. The molecule has 1 unspecified atom stereocenters. The van der Waals surface area contributed by atoms with Gasteiger partial charge in [0.1, 0.15) is 11.6 Å². The standard InChI is InChI=1S/C14H22F3N3/c1-6-18-11-7-10(14(15,16)17)8-12(20-11)19-9(2)13(3,4)5/h7-9H,6H2,1-5H3,(H2,18,19,20). The zero-order valence-corrected chi connectivity index (χ0v) is 12.5. The van der Waals surface area contributed by atoms with Crippen LogP contribution in [-0.2, 0) is 6.18 Å². The number of hydrogen-bond acceptors (Lipinski definition) is 3. The van der Waals surface area contributed by atoms with Gasteiger partial charge in [0.05, 0.1) is 5.56 Å². The molecule has 1 aromatic rings. The Bertz CT molecular complexity index is 450. The molecule has 0 saturated heterocycles. The third-order valence-corrected chi connectivity index (χ3v) is 3.17. The fourth-order valence-corrected chi connectivity index (χ4v) is 1.48. The SMILES string of the molecule is CCNc1cc(C(F)(F)F)cc(NC(C)C(C)(C)C)n1. The maximum Gasteiger partial charge on any atom is 0.416 e. The summed E-state index contributed by atoms with van der Waals surface area (Å²) in [4.78, 5) is 4.17. The molecule has 2 N–H and O–H groups in total. The van der Waals surface area contributed by atoms with Gasteiger partial charge in [-0.25, -0.2) is 4.98 Å². The van der Waals surface area contributed by atoms with Gasteiger partial charge in [0.25, 0.3) is 0 Å². The van der Waals surface area contributed by atoms with Crippen molar-refractivity contribution in [2.24, 2.45) is 5.41 Å². The molecule has 1 heterocycles. The molecule has 0 fully saturated rings. The smallest absolute Gasteiger partial charge is 0.370 e. The minimum atomic E-state index is -4.38. The monoisotopic (exact) mass is 289 g/mol. The Kier molecular flexibility index (Phi) is 4.89. The summed E-state index contributed by atoms with van der Waals surface area (Å²) in [7, 11) is 0. The number of halogens is 3. The lowest BCUT2D eigenvalue weighted by atomic mass is 9.88. The summed E-state index contributed by atoms with van der Waals surface area (Å²) in [5, 5.41) is 5.86. The van der Waals surface area contributed by atoms with E-state index in [1.807, 2.05) is 34.6 Å². The Hall–Kier alpha value is -1.46. The van der Waals surface area contributed by atoms with Crippen molar-refractivity contribution in [3.8, 4) is 0 Å². The normalized spacial score (nSPS) is 14.0. The zero-order chi connectivity index (χ0) is 15.6. The lowest BCUT2D eigenvalue weighted by Gasteiger charge is -2.29. The first-order valence-corrected chi connectivity index (χ1v) is 6.63. The van der Waals surface area contributed by atoms with E-state index in [1.165, 1.54) is 0 Å².